The summed E-state index contributed by atoms with van der Waals surface area (Å²) in [6.07, 6.45) is 3.66. The van der Waals surface area contributed by atoms with Gasteiger partial charge in [-0.15, -0.1) is 0 Å². The lowest BCUT2D eigenvalue weighted by atomic mass is 10.1. The van der Waals surface area contributed by atoms with Crippen molar-refractivity contribution in [2.45, 2.75) is 25.8 Å². The number of aromatic nitrogens is 3. The molecule has 4 aromatic rings. The van der Waals surface area contributed by atoms with E-state index in [0.717, 1.165) is 24.0 Å². The van der Waals surface area contributed by atoms with Crippen molar-refractivity contribution >= 4 is 23.3 Å². The molecule has 2 aromatic heterocycles. The van der Waals surface area contributed by atoms with Crippen LogP contribution in [0.15, 0.2) is 65.6 Å². The summed E-state index contributed by atoms with van der Waals surface area (Å²) in [5.74, 6) is -0.00450. The third-order valence-electron chi connectivity index (χ3n) is 5.24. The highest BCUT2D eigenvalue weighted by atomic mass is 35.5. The van der Waals surface area contributed by atoms with Crippen molar-refractivity contribution in [2.24, 2.45) is 5.73 Å². The number of hydrogen-bond acceptors (Lipinski definition) is 4. The molecule has 1 amide bonds. The Hall–Kier alpha value is -3.89. The van der Waals surface area contributed by atoms with Crippen LogP contribution in [0.3, 0.4) is 0 Å². The second-order valence-electron chi connectivity index (χ2n) is 7.38. The zero-order valence-corrected chi connectivity index (χ0v) is 17.9. The molecule has 0 unspecified atom stereocenters. The number of imidazole rings is 1. The van der Waals surface area contributed by atoms with Crippen LogP contribution in [-0.2, 0) is 6.54 Å². The number of unbranched alkanes of at least 4 members (excludes halogenated alkanes) is 2. The van der Waals surface area contributed by atoms with Crippen LogP contribution in [0.1, 0.15) is 29.6 Å². The molecule has 0 bridgehead atoms. The summed E-state index contributed by atoms with van der Waals surface area (Å²) in [5, 5.41) is 9.48. The number of rotatable bonds is 7. The Morgan fingerprint density at radius 1 is 1.06 bits per heavy atom. The molecule has 2 N–H and O–H groups in total. The topological polar surface area (TPSA) is 106 Å². The number of nitrogens with zero attached hydrogens (tertiary/aromatic N) is 4. The standard InChI is InChI=1S/C24H20ClN5O2/c25-19-10-8-16(9-11-19)20-15-30-22(31)14-21(17-4-6-18(7-5-17)23(27)32)29(24(30)28-20)13-3-1-2-12-26/h4-11,14-15H,1-3,13H2,(H2,27,32). The third kappa shape index (κ3) is 4.27. The average Bonchev–Trinajstić information content (AvgIpc) is 3.24. The molecule has 7 nitrogen and oxygen atoms in total. The van der Waals surface area contributed by atoms with Gasteiger partial charge in [0, 0.05) is 41.4 Å². The number of carbonyl (C=O) groups is 1. The second-order valence-corrected chi connectivity index (χ2v) is 7.82. The van der Waals surface area contributed by atoms with Crippen LogP contribution in [0, 0.1) is 11.3 Å². The normalized spacial score (nSPS) is 10.9. The van der Waals surface area contributed by atoms with Crippen LogP contribution in [-0.4, -0.2) is 19.9 Å². The summed E-state index contributed by atoms with van der Waals surface area (Å²) in [5.41, 5.74) is 8.49. The first-order valence-corrected chi connectivity index (χ1v) is 10.5. The summed E-state index contributed by atoms with van der Waals surface area (Å²) in [7, 11) is 0. The minimum atomic E-state index is -0.512. The molecular weight excluding hydrogens is 426 g/mol. The molecule has 0 aliphatic carbocycles. The summed E-state index contributed by atoms with van der Waals surface area (Å²) in [4.78, 5) is 29.1. The number of amides is 1. The molecule has 0 saturated heterocycles. The van der Waals surface area contributed by atoms with Crippen LogP contribution < -0.4 is 11.3 Å². The molecule has 0 fully saturated rings. The fourth-order valence-corrected chi connectivity index (χ4v) is 3.72. The molecular formula is C24H20ClN5O2. The van der Waals surface area contributed by atoms with Crippen molar-refractivity contribution < 1.29 is 4.79 Å². The summed E-state index contributed by atoms with van der Waals surface area (Å²) >= 11 is 6.00. The average molecular weight is 446 g/mol. The molecule has 8 heteroatoms. The summed E-state index contributed by atoms with van der Waals surface area (Å²) in [6.45, 7) is 0.579. The maximum atomic E-state index is 12.9. The van der Waals surface area contributed by atoms with Gasteiger partial charge in [0.15, 0.2) is 0 Å². The second kappa shape index (κ2) is 9.08. The lowest BCUT2D eigenvalue weighted by Crippen LogP contribution is -2.19. The quantitative estimate of drug-likeness (QED) is 0.428. The van der Waals surface area contributed by atoms with Gasteiger partial charge in [-0.2, -0.15) is 5.26 Å². The van der Waals surface area contributed by atoms with E-state index in [9.17, 15) is 9.59 Å². The molecule has 0 aliphatic heterocycles. The molecule has 0 radical (unpaired) electrons. The smallest absolute Gasteiger partial charge is 0.259 e. The summed E-state index contributed by atoms with van der Waals surface area (Å²) < 4.78 is 3.49. The number of primary amides is 1. The molecule has 0 spiro atoms. The van der Waals surface area contributed by atoms with Crippen molar-refractivity contribution in [3.63, 3.8) is 0 Å². The van der Waals surface area contributed by atoms with E-state index in [1.165, 1.54) is 4.40 Å². The Labute approximate surface area is 189 Å². The number of fused-ring (bicyclic) bond motifs is 1. The van der Waals surface area contributed by atoms with E-state index >= 15 is 0 Å². The molecule has 2 heterocycles. The number of benzene rings is 2. The van der Waals surface area contributed by atoms with Gasteiger partial charge < -0.3 is 10.3 Å². The van der Waals surface area contributed by atoms with Gasteiger partial charge >= 0.3 is 0 Å². The minimum Gasteiger partial charge on any atom is -0.366 e. The highest BCUT2D eigenvalue weighted by molar-refractivity contribution is 6.30. The van der Waals surface area contributed by atoms with Crippen molar-refractivity contribution in [1.29, 1.82) is 5.26 Å². The minimum absolute atomic E-state index is 0.213. The highest BCUT2D eigenvalue weighted by Gasteiger charge is 2.15. The SMILES string of the molecule is N#CCCCCn1c(-c2ccc(C(N)=O)cc2)cc(=O)n2cc(-c3ccc(Cl)cc3)nc12. The van der Waals surface area contributed by atoms with E-state index in [2.05, 4.69) is 6.07 Å². The zero-order chi connectivity index (χ0) is 22.7. The summed E-state index contributed by atoms with van der Waals surface area (Å²) in [6, 6.07) is 17.8. The van der Waals surface area contributed by atoms with Gasteiger partial charge in [-0.3, -0.25) is 14.0 Å². The van der Waals surface area contributed by atoms with Gasteiger partial charge in [0.25, 0.3) is 5.56 Å². The Bertz CT molecular complexity index is 1380. The van der Waals surface area contributed by atoms with E-state index in [1.807, 2.05) is 16.7 Å². The number of aryl methyl sites for hydroxylation is 1. The van der Waals surface area contributed by atoms with Crippen LogP contribution in [0.5, 0.6) is 0 Å². The van der Waals surface area contributed by atoms with Crippen molar-refractivity contribution in [1.82, 2.24) is 14.0 Å². The van der Waals surface area contributed by atoms with Gasteiger partial charge in [0.2, 0.25) is 11.7 Å². The van der Waals surface area contributed by atoms with Crippen molar-refractivity contribution in [3.8, 4) is 28.6 Å². The molecule has 32 heavy (non-hydrogen) atoms. The fourth-order valence-electron chi connectivity index (χ4n) is 3.59. The van der Waals surface area contributed by atoms with E-state index < -0.39 is 5.91 Å². The lowest BCUT2D eigenvalue weighted by Gasteiger charge is -2.15. The maximum absolute atomic E-state index is 12.9. The van der Waals surface area contributed by atoms with Crippen LogP contribution in [0.2, 0.25) is 5.02 Å². The van der Waals surface area contributed by atoms with Gasteiger partial charge in [-0.05, 0) is 42.7 Å². The fraction of sp³-hybridized carbons (Fsp3) is 0.167. The Morgan fingerprint density at radius 3 is 2.41 bits per heavy atom. The molecule has 0 saturated carbocycles. The van der Waals surface area contributed by atoms with Gasteiger partial charge in [-0.25, -0.2) is 4.98 Å². The number of nitriles is 1. The maximum Gasteiger partial charge on any atom is 0.259 e. The predicted molar refractivity (Wildman–Crippen MR) is 123 cm³/mol. The van der Waals surface area contributed by atoms with Crippen LogP contribution in [0.25, 0.3) is 28.3 Å². The van der Waals surface area contributed by atoms with E-state index in [4.69, 9.17) is 27.6 Å². The Kier molecular flexibility index (Phi) is 6.06. The number of hydrogen-bond donors (Lipinski definition) is 1. The zero-order valence-electron chi connectivity index (χ0n) is 17.2. The van der Waals surface area contributed by atoms with Gasteiger partial charge in [0.05, 0.1) is 17.5 Å². The predicted octanol–water partition coefficient (Wildman–Crippen LogP) is 4.28. The largest absolute Gasteiger partial charge is 0.366 e. The monoisotopic (exact) mass is 445 g/mol. The van der Waals surface area contributed by atoms with E-state index in [-0.39, 0.29) is 5.56 Å². The number of nitrogens with two attached hydrogens (primary N) is 1. The lowest BCUT2D eigenvalue weighted by molar-refractivity contribution is 0.100. The van der Waals surface area contributed by atoms with Crippen LogP contribution >= 0.6 is 11.6 Å². The molecule has 4 rings (SSSR count). The first kappa shape index (κ1) is 21.3. The van der Waals surface area contributed by atoms with E-state index in [1.54, 1.807) is 48.7 Å². The first-order chi connectivity index (χ1) is 15.5. The first-order valence-electron chi connectivity index (χ1n) is 10.1. The van der Waals surface area contributed by atoms with Crippen molar-refractivity contribution in [2.75, 3.05) is 0 Å². The Morgan fingerprint density at radius 2 is 1.75 bits per heavy atom. The van der Waals surface area contributed by atoms with Gasteiger partial charge in [-0.1, -0.05) is 35.9 Å². The third-order valence-corrected chi connectivity index (χ3v) is 5.49. The molecule has 160 valence electrons. The molecule has 0 aliphatic rings. The van der Waals surface area contributed by atoms with Gasteiger partial charge in [0.1, 0.15) is 0 Å². The molecule has 2 aromatic carbocycles. The molecule has 0 atom stereocenters. The number of halogens is 1. The van der Waals surface area contributed by atoms with E-state index in [0.29, 0.717) is 40.7 Å². The van der Waals surface area contributed by atoms with Crippen LogP contribution in [0.4, 0.5) is 0 Å². The highest BCUT2D eigenvalue weighted by Crippen LogP contribution is 2.25. The van der Waals surface area contributed by atoms with Crippen molar-refractivity contribution in [3.05, 3.63) is 81.7 Å². The Balaban J connectivity index is 1.86. The number of carbonyl (C=O) groups excluding carboxylic acids is 1.